The molecule has 0 bridgehead atoms. The lowest BCUT2D eigenvalue weighted by atomic mass is 9.95. The number of pyridine rings is 2. The second kappa shape index (κ2) is 11.0. The van der Waals surface area contributed by atoms with Crippen LogP contribution in [0.3, 0.4) is 0 Å². The number of H-pyrrole nitrogens is 1. The minimum atomic E-state index is 0.377. The van der Waals surface area contributed by atoms with Gasteiger partial charge in [0.2, 0.25) is 0 Å². The largest absolute Gasteiger partial charge is 0.299 e. The van der Waals surface area contributed by atoms with Crippen molar-refractivity contribution < 1.29 is 0 Å². The zero-order valence-electron chi connectivity index (χ0n) is 23.4. The summed E-state index contributed by atoms with van der Waals surface area (Å²) in [4.78, 5) is 16.8. The van der Waals surface area contributed by atoms with Crippen LogP contribution >= 0.6 is 0 Å². The number of hydrogen-bond acceptors (Lipinski definition) is 6. The molecule has 0 radical (unpaired) electrons. The van der Waals surface area contributed by atoms with Crippen molar-refractivity contribution in [3.63, 3.8) is 0 Å². The molecule has 0 spiro atoms. The smallest absolute Gasteiger partial charge is 0.199 e. The maximum absolute atomic E-state index is 9.40. The van der Waals surface area contributed by atoms with Gasteiger partial charge in [-0.15, -0.1) is 0 Å². The molecule has 7 rings (SSSR count). The van der Waals surface area contributed by atoms with Crippen LogP contribution in [0.4, 0.5) is 0 Å². The molecule has 1 aliphatic heterocycles. The molecule has 0 saturated carbocycles. The molecule has 5 heterocycles. The van der Waals surface area contributed by atoms with Gasteiger partial charge in [0.25, 0.3) is 0 Å². The van der Waals surface area contributed by atoms with E-state index in [2.05, 4.69) is 66.9 Å². The molecule has 0 atom stereocenters. The van der Waals surface area contributed by atoms with E-state index in [4.69, 9.17) is 9.97 Å². The number of imidazole rings is 1. The van der Waals surface area contributed by atoms with Gasteiger partial charge in [0.15, 0.2) is 5.82 Å². The summed E-state index contributed by atoms with van der Waals surface area (Å²) in [6, 6.07) is 30.9. The third kappa shape index (κ3) is 5.06. The molecule has 0 unspecified atom stereocenters. The van der Waals surface area contributed by atoms with Crippen molar-refractivity contribution in [3.8, 4) is 40.1 Å². The normalized spacial score (nSPS) is 14.3. The number of aryl methyl sites for hydroxylation is 1. The second-order valence-corrected chi connectivity index (χ2v) is 10.9. The topological polar surface area (TPSA) is 98.8 Å². The number of nitriles is 1. The lowest BCUT2D eigenvalue weighted by Crippen LogP contribution is -2.32. The molecular weight excluding hydrogens is 520 g/mol. The van der Waals surface area contributed by atoms with Crippen LogP contribution in [0.25, 0.3) is 39.7 Å². The van der Waals surface area contributed by atoms with Crippen molar-refractivity contribution in [1.29, 1.82) is 5.26 Å². The molecule has 1 aliphatic rings. The van der Waals surface area contributed by atoms with E-state index in [1.165, 1.54) is 5.56 Å². The molecule has 206 valence electrons. The van der Waals surface area contributed by atoms with Crippen molar-refractivity contribution in [3.05, 3.63) is 114 Å². The van der Waals surface area contributed by atoms with Gasteiger partial charge in [-0.25, -0.2) is 15.0 Å². The Morgan fingerprint density at radius 2 is 1.69 bits per heavy atom. The first-order chi connectivity index (χ1) is 20.6. The monoisotopic (exact) mass is 550 g/mol. The van der Waals surface area contributed by atoms with E-state index >= 15 is 0 Å². The highest BCUT2D eigenvalue weighted by atomic mass is 15.2. The maximum atomic E-state index is 9.40. The van der Waals surface area contributed by atoms with Crippen molar-refractivity contribution in [2.75, 3.05) is 13.1 Å². The van der Waals surface area contributed by atoms with E-state index in [1.807, 2.05) is 61.7 Å². The highest BCUT2D eigenvalue weighted by molar-refractivity contribution is 5.82. The Balaban J connectivity index is 1.05. The summed E-state index contributed by atoms with van der Waals surface area (Å²) in [6.07, 6.45) is 4.02. The van der Waals surface area contributed by atoms with Gasteiger partial charge in [0, 0.05) is 35.5 Å². The van der Waals surface area contributed by atoms with Gasteiger partial charge in [-0.1, -0.05) is 60.7 Å². The quantitative estimate of drug-likeness (QED) is 0.257. The number of nitrogens with one attached hydrogen (secondary N) is 1. The number of fused-ring (bicyclic) bond motifs is 1. The first kappa shape index (κ1) is 25.8. The first-order valence-electron chi connectivity index (χ1n) is 14.3. The van der Waals surface area contributed by atoms with Crippen LogP contribution in [-0.2, 0) is 6.54 Å². The minimum absolute atomic E-state index is 0.377. The molecule has 2 aromatic carbocycles. The molecule has 1 saturated heterocycles. The Morgan fingerprint density at radius 3 is 2.45 bits per heavy atom. The fourth-order valence-corrected chi connectivity index (χ4v) is 5.82. The lowest BCUT2D eigenvalue weighted by Gasteiger charge is -2.30. The van der Waals surface area contributed by atoms with Gasteiger partial charge in [-0.05, 0) is 62.7 Å². The van der Waals surface area contributed by atoms with E-state index in [0.29, 0.717) is 17.3 Å². The van der Waals surface area contributed by atoms with Crippen LogP contribution in [0.2, 0.25) is 0 Å². The van der Waals surface area contributed by atoms with E-state index in [0.717, 1.165) is 77.9 Å². The summed E-state index contributed by atoms with van der Waals surface area (Å²) < 4.78 is 2.07. The molecule has 8 heteroatoms. The molecule has 6 aromatic rings. The van der Waals surface area contributed by atoms with Gasteiger partial charge in [0.1, 0.15) is 17.2 Å². The molecule has 1 N–H and O–H groups in total. The molecule has 42 heavy (non-hydrogen) atoms. The van der Waals surface area contributed by atoms with Crippen LogP contribution in [0, 0.1) is 18.3 Å². The first-order valence-corrected chi connectivity index (χ1v) is 14.3. The summed E-state index contributed by atoms with van der Waals surface area (Å²) >= 11 is 0. The number of piperidine rings is 1. The van der Waals surface area contributed by atoms with Gasteiger partial charge >= 0.3 is 0 Å². The Labute approximate surface area is 244 Å². The van der Waals surface area contributed by atoms with Crippen LogP contribution in [-0.4, -0.2) is 47.5 Å². The highest BCUT2D eigenvalue weighted by Crippen LogP contribution is 2.34. The fourth-order valence-electron chi connectivity index (χ4n) is 5.82. The Morgan fingerprint density at radius 1 is 0.881 bits per heavy atom. The van der Waals surface area contributed by atoms with Crippen molar-refractivity contribution >= 4 is 5.65 Å². The van der Waals surface area contributed by atoms with Crippen molar-refractivity contribution in [1.82, 2.24) is 34.4 Å². The molecule has 0 aliphatic carbocycles. The highest BCUT2D eigenvalue weighted by Gasteiger charge is 2.24. The summed E-state index contributed by atoms with van der Waals surface area (Å²) in [5.41, 5.74) is 8.51. The molecule has 0 amide bonds. The second-order valence-electron chi connectivity index (χ2n) is 10.9. The number of nitrogens with zero attached hydrogens (tertiary/aromatic N) is 7. The predicted octanol–water partition coefficient (Wildman–Crippen LogP) is 6.41. The summed E-state index contributed by atoms with van der Waals surface area (Å²) in [5.74, 6) is 2.01. The standard InChI is InChI=1S/C34H30N8/c1-23-6-5-9-29(36-23)34-38-33(39-40-34)28-15-17-41(18-16-28)22-24-10-12-26(13-11-24)31-32(27-7-3-2-4-8-27)42-19-14-25(21-35)20-30(42)37-31/h2-14,19-20,28H,15-18,22H2,1H3,(H,38,39,40). The summed E-state index contributed by atoms with van der Waals surface area (Å²) in [5, 5.41) is 17.0. The van der Waals surface area contributed by atoms with Crippen LogP contribution < -0.4 is 0 Å². The van der Waals surface area contributed by atoms with Gasteiger partial charge in [-0.3, -0.25) is 14.4 Å². The molecule has 1 fully saturated rings. The Bertz CT molecular complexity index is 1890. The molecule has 4 aromatic heterocycles. The lowest BCUT2D eigenvalue weighted by molar-refractivity contribution is 0.202. The zero-order valence-corrected chi connectivity index (χ0v) is 23.4. The molecular formula is C34H30N8. The average molecular weight is 551 g/mol. The molecule has 8 nitrogen and oxygen atoms in total. The number of aromatic amines is 1. The van der Waals surface area contributed by atoms with E-state index in [1.54, 1.807) is 0 Å². The SMILES string of the molecule is Cc1cccc(-c2n[nH]c(C3CCN(Cc4ccc(-c5nc6cc(C#N)ccn6c5-c5ccccc5)cc4)CC3)n2)n1. The predicted molar refractivity (Wildman–Crippen MR) is 162 cm³/mol. The summed E-state index contributed by atoms with van der Waals surface area (Å²) in [6.45, 7) is 4.91. The Hall–Kier alpha value is -5.13. The van der Waals surface area contributed by atoms with E-state index < -0.39 is 0 Å². The number of aromatic nitrogens is 6. The van der Waals surface area contributed by atoms with Crippen LogP contribution in [0.5, 0.6) is 0 Å². The van der Waals surface area contributed by atoms with Crippen LogP contribution in [0.1, 0.15) is 41.4 Å². The van der Waals surface area contributed by atoms with Crippen LogP contribution in [0.15, 0.2) is 91.1 Å². The maximum Gasteiger partial charge on any atom is 0.199 e. The van der Waals surface area contributed by atoms with Crippen molar-refractivity contribution in [2.45, 2.75) is 32.2 Å². The van der Waals surface area contributed by atoms with E-state index in [-0.39, 0.29) is 0 Å². The number of rotatable bonds is 6. The number of hydrogen-bond donors (Lipinski definition) is 1. The third-order valence-corrected chi connectivity index (χ3v) is 8.03. The minimum Gasteiger partial charge on any atom is -0.299 e. The average Bonchev–Trinajstić information content (AvgIpc) is 3.68. The summed E-state index contributed by atoms with van der Waals surface area (Å²) in [7, 11) is 0. The Kier molecular flexibility index (Phi) is 6.78. The van der Waals surface area contributed by atoms with Crippen molar-refractivity contribution in [2.24, 2.45) is 0 Å². The van der Waals surface area contributed by atoms with Gasteiger partial charge in [-0.2, -0.15) is 10.4 Å². The number of likely N-dealkylation sites (tertiary alicyclic amines) is 1. The number of benzene rings is 2. The van der Waals surface area contributed by atoms with E-state index in [9.17, 15) is 5.26 Å². The third-order valence-electron chi connectivity index (χ3n) is 8.03. The van der Waals surface area contributed by atoms with Gasteiger partial charge < -0.3 is 0 Å². The van der Waals surface area contributed by atoms with Gasteiger partial charge in [0.05, 0.1) is 23.0 Å². The fraction of sp³-hybridized carbons (Fsp3) is 0.206. The zero-order chi connectivity index (χ0) is 28.5.